The van der Waals surface area contributed by atoms with E-state index in [1.807, 2.05) is 53.4 Å². The van der Waals surface area contributed by atoms with Crippen molar-refractivity contribution in [1.82, 2.24) is 4.90 Å². The smallest absolute Gasteiger partial charge is 0.306 e. The van der Waals surface area contributed by atoms with Crippen LogP contribution in [0.15, 0.2) is 54.6 Å². The number of nitrogens with zero attached hydrogens (tertiary/aromatic N) is 2. The molecule has 0 bridgehead atoms. The van der Waals surface area contributed by atoms with Crippen LogP contribution in [-0.2, 0) is 14.4 Å². The predicted octanol–water partition coefficient (Wildman–Crippen LogP) is 6.80. The third-order valence-electron chi connectivity index (χ3n) is 8.01. The van der Waals surface area contributed by atoms with Gasteiger partial charge in [-0.1, -0.05) is 62.7 Å². The summed E-state index contributed by atoms with van der Waals surface area (Å²) in [4.78, 5) is 43.0. The normalized spacial score (nSPS) is 19.9. The third kappa shape index (κ3) is 6.25. The minimum absolute atomic E-state index is 0.0359. The summed E-state index contributed by atoms with van der Waals surface area (Å²) in [6, 6.07) is 17.7. The van der Waals surface area contributed by atoms with Crippen LogP contribution in [0, 0.1) is 11.3 Å². The first-order valence-electron chi connectivity index (χ1n) is 14.3. The van der Waals surface area contributed by atoms with Gasteiger partial charge in [0, 0.05) is 42.2 Å². The van der Waals surface area contributed by atoms with E-state index in [1.165, 1.54) is 11.8 Å². The number of hydrogen-bond acceptors (Lipinski definition) is 5. The van der Waals surface area contributed by atoms with Gasteiger partial charge >= 0.3 is 5.97 Å². The average Bonchev–Trinajstić information content (AvgIpc) is 3.06. The van der Waals surface area contributed by atoms with Crippen LogP contribution in [0.5, 0.6) is 5.75 Å². The van der Waals surface area contributed by atoms with Gasteiger partial charge in [-0.15, -0.1) is 11.8 Å². The van der Waals surface area contributed by atoms with Gasteiger partial charge in [0.1, 0.15) is 5.75 Å². The summed E-state index contributed by atoms with van der Waals surface area (Å²) in [5.74, 6) is -0.714. The number of fused-ring (bicyclic) bond motifs is 2. The monoisotopic (exact) mass is 608 g/mol. The highest BCUT2D eigenvalue weighted by Gasteiger charge is 2.40. The number of carbonyl (C=O) groups excluding carboxylic acids is 2. The Labute approximate surface area is 256 Å². The van der Waals surface area contributed by atoms with Crippen molar-refractivity contribution in [2.24, 2.45) is 11.3 Å². The van der Waals surface area contributed by atoms with Gasteiger partial charge in [-0.25, -0.2) is 0 Å². The lowest BCUT2D eigenvalue weighted by Crippen LogP contribution is -2.45. The minimum atomic E-state index is -0.819. The van der Waals surface area contributed by atoms with E-state index in [2.05, 4.69) is 26.8 Å². The first kappa shape index (κ1) is 30.2. The molecule has 3 aromatic rings. The van der Waals surface area contributed by atoms with E-state index in [1.54, 1.807) is 12.0 Å². The number of thioether (sulfide) groups is 1. The molecule has 42 heavy (non-hydrogen) atoms. The van der Waals surface area contributed by atoms with Crippen molar-refractivity contribution in [3.8, 4) is 5.75 Å². The minimum Gasteiger partial charge on any atom is -0.496 e. The summed E-state index contributed by atoms with van der Waals surface area (Å²) >= 11 is 8.08. The molecular formula is C33H37ClN2O5S. The lowest BCUT2D eigenvalue weighted by Gasteiger charge is -2.33. The average molecular weight is 609 g/mol. The van der Waals surface area contributed by atoms with Crippen molar-refractivity contribution in [3.05, 3.63) is 70.7 Å². The Morgan fingerprint density at radius 2 is 1.71 bits per heavy atom. The first-order valence-corrected chi connectivity index (χ1v) is 15.6. The maximum atomic E-state index is 14.4. The van der Waals surface area contributed by atoms with Crippen LogP contribution in [0.4, 0.5) is 5.69 Å². The molecule has 3 aromatic carbocycles. The Balaban J connectivity index is 1.59. The number of ether oxygens (including phenoxy) is 1. The van der Waals surface area contributed by atoms with Crippen LogP contribution in [0.1, 0.15) is 56.4 Å². The zero-order valence-corrected chi connectivity index (χ0v) is 26.0. The van der Waals surface area contributed by atoms with E-state index >= 15 is 0 Å². The molecule has 0 saturated carbocycles. The Bertz CT molecular complexity index is 1510. The van der Waals surface area contributed by atoms with Gasteiger partial charge in [-0.05, 0) is 59.0 Å². The van der Waals surface area contributed by atoms with Crippen LogP contribution in [0.2, 0.25) is 5.02 Å². The molecule has 2 aliphatic heterocycles. The Hall–Kier alpha value is -3.23. The van der Waals surface area contributed by atoms with Crippen molar-refractivity contribution in [2.45, 2.75) is 50.5 Å². The van der Waals surface area contributed by atoms with Crippen molar-refractivity contribution >= 4 is 57.6 Å². The number of halogens is 1. The summed E-state index contributed by atoms with van der Waals surface area (Å²) in [6.45, 7) is 7.52. The number of piperidine rings is 1. The molecule has 1 saturated heterocycles. The number of methoxy groups -OCH3 is 1. The maximum absolute atomic E-state index is 14.4. The number of aliphatic carboxylic acids is 1. The Kier molecular flexibility index (Phi) is 8.76. The molecular weight excluding hydrogens is 572 g/mol. The number of hydrogen-bond donors (Lipinski definition) is 1. The summed E-state index contributed by atoms with van der Waals surface area (Å²) in [6.07, 6.45) is 0.884. The first-order chi connectivity index (χ1) is 20.0. The predicted molar refractivity (Wildman–Crippen MR) is 169 cm³/mol. The second-order valence-corrected chi connectivity index (χ2v) is 14.0. The van der Waals surface area contributed by atoms with E-state index in [0.29, 0.717) is 37.5 Å². The van der Waals surface area contributed by atoms with Gasteiger partial charge in [-0.2, -0.15) is 0 Å². The molecule has 1 fully saturated rings. The van der Waals surface area contributed by atoms with Crippen LogP contribution >= 0.6 is 23.4 Å². The number of anilines is 1. The molecule has 0 aliphatic carbocycles. The molecule has 2 heterocycles. The van der Waals surface area contributed by atoms with E-state index in [-0.39, 0.29) is 28.9 Å². The number of rotatable bonds is 6. The molecule has 2 atom stereocenters. The fourth-order valence-electron chi connectivity index (χ4n) is 5.95. The highest BCUT2D eigenvalue weighted by atomic mass is 35.5. The summed E-state index contributed by atoms with van der Waals surface area (Å²) in [5, 5.41) is 11.0. The molecule has 5 rings (SSSR count). The van der Waals surface area contributed by atoms with Crippen molar-refractivity contribution in [1.29, 1.82) is 0 Å². The summed E-state index contributed by atoms with van der Waals surface area (Å²) in [7, 11) is 1.65. The number of benzene rings is 3. The number of carbonyl (C=O) groups is 3. The quantitative estimate of drug-likeness (QED) is 0.331. The second kappa shape index (κ2) is 12.2. The van der Waals surface area contributed by atoms with Gasteiger partial charge in [0.25, 0.3) is 0 Å². The van der Waals surface area contributed by atoms with Crippen molar-refractivity contribution in [3.63, 3.8) is 0 Å². The van der Waals surface area contributed by atoms with Gasteiger partial charge in [0.15, 0.2) is 0 Å². The standard InChI is InChI=1S/C33H37ClN2O5S/c1-33(2,3)19-36-26-11-9-21(34)17-25(26)30(24-10-12-27(41-4)23-8-6-5-7-22(23)24)42-28(31(36)38)18-29(37)35-15-13-20(14-16-35)32(39)40/h5-12,17,20,28,30H,13-16,18-19H2,1-4H3,(H,39,40)/t28-,30-/m0/s1. The zero-order chi connectivity index (χ0) is 30.2. The van der Waals surface area contributed by atoms with Crippen LogP contribution < -0.4 is 9.64 Å². The number of carboxylic acids is 1. The van der Waals surface area contributed by atoms with Gasteiger partial charge in [0.05, 0.1) is 23.5 Å². The highest BCUT2D eigenvalue weighted by Crippen LogP contribution is 2.50. The van der Waals surface area contributed by atoms with Gasteiger partial charge in [-0.3, -0.25) is 14.4 Å². The summed E-state index contributed by atoms with van der Waals surface area (Å²) < 4.78 is 5.66. The van der Waals surface area contributed by atoms with Crippen LogP contribution in [-0.4, -0.2) is 59.8 Å². The lowest BCUT2D eigenvalue weighted by molar-refractivity contribution is -0.145. The third-order valence-corrected chi connectivity index (χ3v) is 9.73. The Morgan fingerprint density at radius 3 is 2.36 bits per heavy atom. The number of carboxylic acid groups (broad SMARTS) is 1. The SMILES string of the molecule is COc1ccc([C@@H]2S[C@@H](CC(=O)N3CCC(C(=O)O)CC3)C(=O)N(CC(C)(C)C)c3ccc(Cl)cc32)c2ccccc12. The number of amides is 2. The molecule has 222 valence electrons. The van der Waals surface area contributed by atoms with Gasteiger partial charge in [0.2, 0.25) is 11.8 Å². The van der Waals surface area contributed by atoms with Crippen LogP contribution in [0.3, 0.4) is 0 Å². The molecule has 0 radical (unpaired) electrons. The fraction of sp³-hybridized carbons (Fsp3) is 0.424. The fourth-order valence-corrected chi connectivity index (χ4v) is 7.63. The highest BCUT2D eigenvalue weighted by molar-refractivity contribution is 8.01. The van der Waals surface area contributed by atoms with E-state index in [0.717, 1.165) is 33.3 Å². The molecule has 1 N–H and O–H groups in total. The molecule has 0 unspecified atom stereocenters. The molecule has 0 spiro atoms. The van der Waals surface area contributed by atoms with E-state index < -0.39 is 17.1 Å². The Morgan fingerprint density at radius 1 is 1.02 bits per heavy atom. The lowest BCUT2D eigenvalue weighted by atomic mass is 9.93. The van der Waals surface area contributed by atoms with E-state index in [9.17, 15) is 19.5 Å². The molecule has 2 amide bonds. The molecule has 2 aliphatic rings. The maximum Gasteiger partial charge on any atom is 0.306 e. The van der Waals surface area contributed by atoms with Crippen molar-refractivity contribution in [2.75, 3.05) is 31.6 Å². The molecule has 7 nitrogen and oxygen atoms in total. The summed E-state index contributed by atoms with van der Waals surface area (Å²) in [5.41, 5.74) is 2.55. The largest absolute Gasteiger partial charge is 0.496 e. The van der Waals surface area contributed by atoms with Gasteiger partial charge < -0.3 is 19.6 Å². The van der Waals surface area contributed by atoms with E-state index in [4.69, 9.17) is 16.3 Å². The molecule has 9 heteroatoms. The zero-order valence-electron chi connectivity index (χ0n) is 24.4. The number of likely N-dealkylation sites (tertiary alicyclic amines) is 1. The second-order valence-electron chi connectivity index (χ2n) is 12.3. The molecule has 0 aromatic heterocycles. The topological polar surface area (TPSA) is 87.1 Å². The van der Waals surface area contributed by atoms with Crippen LogP contribution in [0.25, 0.3) is 10.8 Å². The van der Waals surface area contributed by atoms with Crippen molar-refractivity contribution < 1.29 is 24.2 Å².